The van der Waals surface area contributed by atoms with Crippen LogP contribution in [0.25, 0.3) is 0 Å². The van der Waals surface area contributed by atoms with Crippen molar-refractivity contribution in [2.75, 3.05) is 13.2 Å². The van der Waals surface area contributed by atoms with Gasteiger partial charge in [0.2, 0.25) is 0 Å². The highest BCUT2D eigenvalue weighted by molar-refractivity contribution is 5.71. The molecule has 6 nitrogen and oxygen atoms in total. The van der Waals surface area contributed by atoms with Gasteiger partial charge in [0.05, 0.1) is 0 Å². The minimum Gasteiger partial charge on any atom is -0.462 e. The molecule has 0 heterocycles. The van der Waals surface area contributed by atoms with Crippen LogP contribution in [0.3, 0.4) is 0 Å². The fourth-order valence-corrected chi connectivity index (χ4v) is 8.46. The van der Waals surface area contributed by atoms with E-state index in [9.17, 15) is 14.4 Å². The van der Waals surface area contributed by atoms with Crippen molar-refractivity contribution in [1.29, 1.82) is 0 Å². The van der Waals surface area contributed by atoms with Gasteiger partial charge in [0.15, 0.2) is 6.10 Å². The minimum atomic E-state index is -0.831. The normalized spacial score (nSPS) is 13.3. The average molecular weight is 1140 g/mol. The molecule has 1 atom stereocenters. The highest BCUT2D eigenvalue weighted by Crippen LogP contribution is 2.13. The fourth-order valence-electron chi connectivity index (χ4n) is 8.46. The number of carbonyl (C=O) groups is 3. The minimum absolute atomic E-state index is 0.120. The van der Waals surface area contributed by atoms with E-state index in [0.29, 0.717) is 19.3 Å². The van der Waals surface area contributed by atoms with E-state index in [1.165, 1.54) is 51.4 Å². The Kier molecular flexibility index (Phi) is 64.4. The van der Waals surface area contributed by atoms with E-state index >= 15 is 0 Å². The van der Waals surface area contributed by atoms with Crippen LogP contribution in [0.4, 0.5) is 0 Å². The van der Waals surface area contributed by atoms with Crippen LogP contribution < -0.4 is 0 Å². The van der Waals surface area contributed by atoms with E-state index in [-0.39, 0.29) is 37.5 Å². The maximum absolute atomic E-state index is 12.9. The third-order valence-corrected chi connectivity index (χ3v) is 13.4. The summed E-state index contributed by atoms with van der Waals surface area (Å²) in [7, 11) is 0. The molecule has 0 spiro atoms. The van der Waals surface area contributed by atoms with Crippen molar-refractivity contribution in [3.05, 3.63) is 182 Å². The van der Waals surface area contributed by atoms with E-state index in [2.05, 4.69) is 203 Å². The lowest BCUT2D eigenvalue weighted by Crippen LogP contribution is -2.30. The zero-order chi connectivity index (χ0) is 59.9. The molecule has 0 bridgehead atoms. The zero-order valence-corrected chi connectivity index (χ0v) is 53.1. The summed E-state index contributed by atoms with van der Waals surface area (Å²) in [5, 5.41) is 0. The van der Waals surface area contributed by atoms with Crippen molar-refractivity contribution in [3.8, 4) is 0 Å². The Balaban J connectivity index is 4.59. The standard InChI is InChI=1S/C77H120O6/c1-4-7-10-13-16-19-22-25-28-31-34-37-38-41-43-46-49-52-55-58-61-64-67-70-76(79)82-73-74(83-77(80)71-68-65-62-59-56-53-50-47-44-40-36-33-30-27-24-21-18-15-12-9-6-3)72-81-75(78)69-66-63-60-57-54-51-48-45-42-39-35-32-29-26-23-20-17-14-11-8-5-2/h7,9-10,12,16,18-19,21,23,25-28,30,32,34-37,40-43,45,47,49-50,52,56,59,74H,4-6,8,11,13-15,17,20,22,24,29,31,33,38-39,44,46,48,51,53-55,57-58,60-73H2,1-3H3/b10-7-,12-9-,19-16-,21-18-,26-23-,28-25-,30-27-,35-32-,37-34-,40-36-,43-41-,45-42-,50-47-,52-49-,59-56-. The van der Waals surface area contributed by atoms with E-state index in [1.54, 1.807) is 0 Å². The monoisotopic (exact) mass is 1140 g/mol. The molecule has 0 saturated carbocycles. The Bertz CT molecular complexity index is 1940. The van der Waals surface area contributed by atoms with Crippen molar-refractivity contribution in [3.63, 3.8) is 0 Å². The van der Waals surface area contributed by atoms with Crippen LogP contribution >= 0.6 is 0 Å². The summed E-state index contributed by atoms with van der Waals surface area (Å²) in [6.45, 7) is 6.33. The number of allylic oxidation sites excluding steroid dienone is 30. The van der Waals surface area contributed by atoms with Crippen LogP contribution in [0.15, 0.2) is 182 Å². The average Bonchev–Trinajstić information content (AvgIpc) is 3.49. The molecule has 0 saturated heterocycles. The van der Waals surface area contributed by atoms with Crippen molar-refractivity contribution in [1.82, 2.24) is 0 Å². The molecule has 1 unspecified atom stereocenters. The van der Waals surface area contributed by atoms with Crippen LogP contribution in [0.2, 0.25) is 0 Å². The number of esters is 3. The Hall–Kier alpha value is -5.49. The van der Waals surface area contributed by atoms with Gasteiger partial charge in [-0.05, 0) is 161 Å². The van der Waals surface area contributed by atoms with Gasteiger partial charge in [-0.3, -0.25) is 14.4 Å². The van der Waals surface area contributed by atoms with Gasteiger partial charge in [0.1, 0.15) is 13.2 Å². The summed E-state index contributed by atoms with van der Waals surface area (Å²) in [6.07, 6.45) is 103. The van der Waals surface area contributed by atoms with Crippen LogP contribution in [0.1, 0.15) is 265 Å². The summed E-state index contributed by atoms with van der Waals surface area (Å²) in [5.74, 6) is -1.01. The van der Waals surface area contributed by atoms with Gasteiger partial charge in [-0.15, -0.1) is 0 Å². The van der Waals surface area contributed by atoms with Crippen molar-refractivity contribution < 1.29 is 28.6 Å². The predicted octanol–water partition coefficient (Wildman–Crippen LogP) is 23.2. The lowest BCUT2D eigenvalue weighted by molar-refractivity contribution is -0.167. The van der Waals surface area contributed by atoms with Crippen molar-refractivity contribution in [2.24, 2.45) is 0 Å². The van der Waals surface area contributed by atoms with Gasteiger partial charge in [-0.1, -0.05) is 267 Å². The molecule has 0 aromatic rings. The second-order valence-corrected chi connectivity index (χ2v) is 21.3. The van der Waals surface area contributed by atoms with Gasteiger partial charge in [0, 0.05) is 19.3 Å². The molecule has 0 N–H and O–H groups in total. The summed E-state index contributed by atoms with van der Waals surface area (Å²) in [5.41, 5.74) is 0. The third kappa shape index (κ3) is 67.2. The van der Waals surface area contributed by atoms with Gasteiger partial charge in [0.25, 0.3) is 0 Å². The largest absolute Gasteiger partial charge is 0.462 e. The first-order valence-electron chi connectivity index (χ1n) is 33.3. The summed E-state index contributed by atoms with van der Waals surface area (Å²) >= 11 is 0. The van der Waals surface area contributed by atoms with Crippen LogP contribution in [-0.2, 0) is 28.6 Å². The number of hydrogen-bond acceptors (Lipinski definition) is 6. The predicted molar refractivity (Wildman–Crippen MR) is 361 cm³/mol. The number of rotatable bonds is 58. The fraction of sp³-hybridized carbons (Fsp3) is 0.571. The Labute approximate surface area is 510 Å². The molecule has 0 amide bonds. The van der Waals surface area contributed by atoms with E-state index in [4.69, 9.17) is 14.2 Å². The first-order chi connectivity index (χ1) is 41.0. The van der Waals surface area contributed by atoms with Gasteiger partial charge in [-0.25, -0.2) is 0 Å². The third-order valence-electron chi connectivity index (χ3n) is 13.4. The molecule has 83 heavy (non-hydrogen) atoms. The first kappa shape index (κ1) is 77.5. The van der Waals surface area contributed by atoms with E-state index in [0.717, 1.165) is 167 Å². The molecule has 6 heteroatoms. The second kappa shape index (κ2) is 69.0. The molecule has 0 aliphatic carbocycles. The molecule has 0 aliphatic rings. The van der Waals surface area contributed by atoms with Gasteiger partial charge in [-0.2, -0.15) is 0 Å². The number of ether oxygens (including phenoxy) is 3. The van der Waals surface area contributed by atoms with Crippen LogP contribution in [-0.4, -0.2) is 37.2 Å². The maximum Gasteiger partial charge on any atom is 0.306 e. The summed E-state index contributed by atoms with van der Waals surface area (Å²) < 4.78 is 16.9. The summed E-state index contributed by atoms with van der Waals surface area (Å²) in [6, 6.07) is 0. The lowest BCUT2D eigenvalue weighted by Gasteiger charge is -2.18. The van der Waals surface area contributed by atoms with E-state index < -0.39 is 6.10 Å². The molecule has 0 fully saturated rings. The summed E-state index contributed by atoms with van der Waals surface area (Å²) in [4.78, 5) is 38.4. The molecule has 0 rings (SSSR count). The molecule has 0 aromatic carbocycles. The Morgan fingerprint density at radius 1 is 0.253 bits per heavy atom. The zero-order valence-electron chi connectivity index (χ0n) is 53.1. The Morgan fingerprint density at radius 2 is 0.470 bits per heavy atom. The lowest BCUT2D eigenvalue weighted by atomic mass is 10.1. The van der Waals surface area contributed by atoms with Gasteiger partial charge >= 0.3 is 17.9 Å². The smallest absolute Gasteiger partial charge is 0.306 e. The highest BCUT2D eigenvalue weighted by Gasteiger charge is 2.19. The van der Waals surface area contributed by atoms with E-state index in [1.807, 2.05) is 0 Å². The van der Waals surface area contributed by atoms with Gasteiger partial charge < -0.3 is 14.2 Å². The first-order valence-corrected chi connectivity index (χ1v) is 33.3. The van der Waals surface area contributed by atoms with Crippen molar-refractivity contribution >= 4 is 17.9 Å². The number of unbranched alkanes of at least 4 members (excludes halogenated alkanes) is 17. The molecule has 464 valence electrons. The molecular formula is C77H120O6. The maximum atomic E-state index is 12.9. The molecule has 0 radical (unpaired) electrons. The van der Waals surface area contributed by atoms with Crippen LogP contribution in [0.5, 0.6) is 0 Å². The topological polar surface area (TPSA) is 78.9 Å². The number of hydrogen-bond donors (Lipinski definition) is 0. The molecule has 0 aromatic heterocycles. The number of carbonyl (C=O) groups excluding carboxylic acids is 3. The van der Waals surface area contributed by atoms with Crippen molar-refractivity contribution in [2.45, 2.75) is 271 Å². The van der Waals surface area contributed by atoms with Crippen LogP contribution in [0, 0.1) is 0 Å². The molecular weight excluding hydrogens is 1020 g/mol. The Morgan fingerprint density at radius 3 is 0.759 bits per heavy atom. The quantitative estimate of drug-likeness (QED) is 0.0261. The highest BCUT2D eigenvalue weighted by atomic mass is 16.6. The SMILES string of the molecule is CC/C=C\C/C=C\C/C=C\C/C=C\C/C=C\C/C=C\CCCCCCC(=O)OCC(COC(=O)CCCCCCCC/C=C\C/C=C\C/C=C\CCCCCCC)OC(=O)CCCC/C=C\C/C=C\C/C=C\C/C=C\C/C=C\C/C=C\CC. The molecule has 0 aliphatic heterocycles. The second-order valence-electron chi connectivity index (χ2n) is 21.3.